The predicted molar refractivity (Wildman–Crippen MR) is 184 cm³/mol. The number of halogens is 6. The second-order valence-corrected chi connectivity index (χ2v) is 11.9. The van der Waals surface area contributed by atoms with Gasteiger partial charge in [-0.1, -0.05) is 10.3 Å². The molecule has 0 amide bonds. The Morgan fingerprint density at radius 2 is 1.25 bits per heavy atom. The molecule has 2 aromatic carbocycles. The Bertz CT molecular complexity index is 2540. The summed E-state index contributed by atoms with van der Waals surface area (Å²) in [7, 11) is 0. The summed E-state index contributed by atoms with van der Waals surface area (Å²) in [4.78, 5) is 32.0. The van der Waals surface area contributed by atoms with Crippen LogP contribution < -0.4 is 20.0 Å². The summed E-state index contributed by atoms with van der Waals surface area (Å²) in [5, 5.41) is 15.8. The first-order valence-electron chi connectivity index (χ1n) is 16.4. The van der Waals surface area contributed by atoms with Gasteiger partial charge in [0.1, 0.15) is 34.4 Å². The van der Waals surface area contributed by atoms with Gasteiger partial charge in [0.2, 0.25) is 0 Å². The van der Waals surface area contributed by atoms with Gasteiger partial charge in [-0.15, -0.1) is 26.3 Å². The maximum absolute atomic E-state index is 12.3. The van der Waals surface area contributed by atoms with E-state index in [-0.39, 0.29) is 42.6 Å². The Hall–Kier alpha value is -6.96. The molecule has 0 aliphatic carbocycles. The first-order chi connectivity index (χ1) is 27.0. The van der Waals surface area contributed by atoms with Crippen LogP contribution in [0.5, 0.6) is 17.2 Å². The number of aryl methyl sites for hydroxylation is 2. The highest BCUT2D eigenvalue weighted by Crippen LogP contribution is 2.30. The van der Waals surface area contributed by atoms with Crippen LogP contribution in [0.25, 0.3) is 33.7 Å². The number of aromatic nitrogens is 5. The summed E-state index contributed by atoms with van der Waals surface area (Å²) < 4.78 is 102. The largest absolute Gasteiger partial charge is 0.573 e. The van der Waals surface area contributed by atoms with Gasteiger partial charge >= 0.3 is 24.5 Å². The molecule has 8 rings (SSSR count). The molecule has 57 heavy (non-hydrogen) atoms. The number of rotatable bonds is 7. The van der Waals surface area contributed by atoms with E-state index in [0.29, 0.717) is 56.8 Å². The molecule has 1 N–H and O–H groups in total. The number of benzene rings is 2. The molecule has 14 nitrogen and oxygen atoms in total. The minimum atomic E-state index is -4.76. The minimum absolute atomic E-state index is 0.0443. The number of fused-ring (bicyclic) bond motifs is 2. The zero-order valence-corrected chi connectivity index (χ0v) is 29.4. The van der Waals surface area contributed by atoms with Crippen molar-refractivity contribution in [3.05, 3.63) is 124 Å². The number of carbonyl (C=O) groups excluding carboxylic acids is 1. The van der Waals surface area contributed by atoms with Gasteiger partial charge in [0.25, 0.3) is 0 Å². The van der Waals surface area contributed by atoms with Crippen molar-refractivity contribution in [1.82, 2.24) is 24.8 Å². The zero-order valence-electron chi connectivity index (χ0n) is 29.4. The number of hydrogen-bond donors (Lipinski definition) is 1. The molecular weight excluding hydrogens is 772 g/mol. The van der Waals surface area contributed by atoms with Crippen LogP contribution in [0, 0.1) is 13.8 Å². The molecule has 0 radical (unpaired) electrons. The van der Waals surface area contributed by atoms with Crippen LogP contribution in [0.1, 0.15) is 28.6 Å². The van der Waals surface area contributed by atoms with Gasteiger partial charge in [0, 0.05) is 23.3 Å². The third kappa shape index (κ3) is 10.6. The van der Waals surface area contributed by atoms with E-state index in [1.807, 2.05) is 0 Å². The second-order valence-electron chi connectivity index (χ2n) is 11.9. The fourth-order valence-corrected chi connectivity index (χ4v) is 5.21. The third-order valence-electron chi connectivity index (χ3n) is 7.58. The summed E-state index contributed by atoms with van der Waals surface area (Å²) in [6.45, 7) is 3.58. The van der Waals surface area contributed by atoms with Crippen LogP contribution in [0.3, 0.4) is 0 Å². The van der Waals surface area contributed by atoms with Crippen molar-refractivity contribution in [2.75, 3.05) is 0 Å². The molecule has 0 bridgehead atoms. The molecule has 0 saturated heterocycles. The number of alkyl halides is 6. The Labute approximate surface area is 315 Å². The van der Waals surface area contributed by atoms with Crippen molar-refractivity contribution in [3.8, 4) is 39.8 Å². The molecule has 20 heteroatoms. The highest BCUT2D eigenvalue weighted by Gasteiger charge is 2.32. The van der Waals surface area contributed by atoms with Crippen molar-refractivity contribution in [2.45, 2.75) is 46.1 Å². The molecular formula is C37H27F6N5O9. The number of esters is 1. The number of carbonyl (C=O) groups is 1. The number of ether oxygens (including phenoxy) is 3. The van der Waals surface area contributed by atoms with Crippen LogP contribution in [0.4, 0.5) is 26.3 Å². The molecule has 1 aliphatic rings. The van der Waals surface area contributed by atoms with Crippen molar-refractivity contribution in [2.24, 2.45) is 0 Å². The van der Waals surface area contributed by atoms with E-state index in [1.165, 1.54) is 53.1 Å². The van der Waals surface area contributed by atoms with Crippen molar-refractivity contribution in [1.29, 1.82) is 0 Å². The highest BCUT2D eigenvalue weighted by atomic mass is 19.4. The molecule has 6 heterocycles. The minimum Gasteiger partial charge on any atom is -0.424 e. The molecule has 0 fully saturated rings. The van der Waals surface area contributed by atoms with Gasteiger partial charge in [-0.25, -0.2) is 14.8 Å². The predicted octanol–water partition coefficient (Wildman–Crippen LogP) is 7.48. The molecule has 7 aromatic rings. The quantitative estimate of drug-likeness (QED) is 0.124. The van der Waals surface area contributed by atoms with E-state index in [4.69, 9.17) is 18.8 Å². The molecule has 296 valence electrons. The fraction of sp³-hybridized carbons (Fsp3) is 0.189. The maximum Gasteiger partial charge on any atom is 0.573 e. The van der Waals surface area contributed by atoms with E-state index in [9.17, 15) is 35.9 Å². The topological polar surface area (TPSA) is 178 Å². The number of aliphatic hydroxyl groups is 1. The van der Waals surface area contributed by atoms with Crippen molar-refractivity contribution < 1.29 is 63.9 Å². The van der Waals surface area contributed by atoms with Gasteiger partial charge in [-0.3, -0.25) is 9.36 Å². The van der Waals surface area contributed by atoms with Crippen molar-refractivity contribution in [3.63, 3.8) is 0 Å². The zero-order chi connectivity index (χ0) is 40.9. The molecule has 0 atom stereocenters. The average molecular weight is 800 g/mol. The van der Waals surface area contributed by atoms with E-state index < -0.39 is 18.5 Å². The maximum atomic E-state index is 12.3. The van der Waals surface area contributed by atoms with Crippen LogP contribution in [-0.2, 0) is 24.4 Å². The van der Waals surface area contributed by atoms with Gasteiger partial charge in [-0.2, -0.15) is 0 Å². The molecule has 0 unspecified atom stereocenters. The van der Waals surface area contributed by atoms with Crippen LogP contribution in [0.15, 0.2) is 103 Å². The van der Waals surface area contributed by atoms with Crippen molar-refractivity contribution >= 4 is 17.2 Å². The molecule has 0 spiro atoms. The lowest BCUT2D eigenvalue weighted by Crippen LogP contribution is -2.17. The number of hydrogen-bond acceptors (Lipinski definition) is 13. The Kier molecular flexibility index (Phi) is 11.4. The van der Waals surface area contributed by atoms with E-state index >= 15 is 0 Å². The molecule has 1 aliphatic heterocycles. The first-order valence-corrected chi connectivity index (χ1v) is 16.4. The lowest BCUT2D eigenvalue weighted by atomic mass is 10.1. The van der Waals surface area contributed by atoms with E-state index in [1.54, 1.807) is 50.2 Å². The summed E-state index contributed by atoms with van der Waals surface area (Å²) >= 11 is 0. The normalized spacial score (nSPS) is 12.3. The van der Waals surface area contributed by atoms with Gasteiger partial charge in [-0.05, 0) is 86.6 Å². The smallest absolute Gasteiger partial charge is 0.424 e. The third-order valence-corrected chi connectivity index (χ3v) is 7.58. The standard InChI is InChI=1S/C18H12F3N3O4.C14H8F3NO3.C5H7NO2/c1-10-8-12(23-28-10)9-24-16-15(26-17(24)25)7-6-14(22-16)11-2-4-13(5-3-11)27-18(19,20)21;15-14(16,17)21-9-3-1-8(2-4-9)10-5-6-12-11(18-10)7-13(19)20-12;1-4-2-5(3-7)6-8-4/h2-8H,9H2,1H3;1-6H,7H2;2,7H,3H2,1H3. The molecule has 5 aromatic heterocycles. The van der Waals surface area contributed by atoms with Gasteiger partial charge in [0.15, 0.2) is 17.0 Å². The van der Waals surface area contributed by atoms with Crippen LogP contribution in [0.2, 0.25) is 0 Å². The summed E-state index contributed by atoms with van der Waals surface area (Å²) in [6.07, 6.45) is -9.38. The second kappa shape index (κ2) is 16.4. The average Bonchev–Trinajstić information content (AvgIpc) is 3.94. The van der Waals surface area contributed by atoms with Crippen LogP contribution in [-0.4, -0.2) is 48.6 Å². The number of aliphatic hydroxyl groups excluding tert-OH is 1. The Morgan fingerprint density at radius 1 is 0.719 bits per heavy atom. The lowest BCUT2D eigenvalue weighted by molar-refractivity contribution is -0.275. The van der Waals surface area contributed by atoms with E-state index in [2.05, 4.69) is 34.3 Å². The summed E-state index contributed by atoms with van der Waals surface area (Å²) in [5.41, 5.74) is 4.38. The number of oxazole rings is 1. The highest BCUT2D eigenvalue weighted by molar-refractivity contribution is 5.80. The summed E-state index contributed by atoms with van der Waals surface area (Å²) in [5.74, 6) is 0.142. The Morgan fingerprint density at radius 3 is 1.74 bits per heavy atom. The Balaban J connectivity index is 0.000000166. The number of pyridine rings is 2. The monoisotopic (exact) mass is 799 g/mol. The SMILES string of the molecule is Cc1cc(CO)no1.Cc1cc(Cn2c(=O)oc3ccc(-c4ccc(OC(F)(F)F)cc4)nc32)no1.O=C1Cc2nc(-c3ccc(OC(F)(F)F)cc3)ccc2O1. The summed E-state index contributed by atoms with van der Waals surface area (Å²) in [6, 6.07) is 20.4. The van der Waals surface area contributed by atoms with E-state index in [0.717, 1.165) is 5.76 Å². The first kappa shape index (κ1) is 39.7. The van der Waals surface area contributed by atoms with Gasteiger partial charge in [0.05, 0.1) is 36.7 Å². The van der Waals surface area contributed by atoms with Gasteiger partial charge < -0.3 is 32.8 Å². The molecule has 0 saturated carbocycles. The fourth-order valence-electron chi connectivity index (χ4n) is 5.21. The van der Waals surface area contributed by atoms with Crippen LogP contribution >= 0.6 is 0 Å². The lowest BCUT2D eigenvalue weighted by Gasteiger charge is -2.09. The number of nitrogens with zero attached hydrogens (tertiary/aromatic N) is 5.